The summed E-state index contributed by atoms with van der Waals surface area (Å²) in [5, 5.41) is 0. The molecule has 0 saturated heterocycles. The summed E-state index contributed by atoms with van der Waals surface area (Å²) in [6.45, 7) is 2.13. The molecule has 2 aromatic heterocycles. The van der Waals surface area contributed by atoms with Gasteiger partial charge in [-0.05, 0) is 11.6 Å². The smallest absolute Gasteiger partial charge is 0.215 e. The van der Waals surface area contributed by atoms with Crippen molar-refractivity contribution in [3.05, 3.63) is 53.9 Å². The Morgan fingerprint density at radius 3 is 2.58 bits per heavy atom. The van der Waals surface area contributed by atoms with Gasteiger partial charge in [-0.1, -0.05) is 37.3 Å². The molecule has 2 heterocycles. The summed E-state index contributed by atoms with van der Waals surface area (Å²) in [5.41, 5.74) is 2.85. The molecular weight excluding hydrogens is 238 g/mol. The van der Waals surface area contributed by atoms with E-state index in [1.165, 1.54) is 5.56 Å². The van der Waals surface area contributed by atoms with Crippen molar-refractivity contribution >= 4 is 11.2 Å². The molecule has 0 saturated carbocycles. The van der Waals surface area contributed by atoms with E-state index < -0.39 is 0 Å². The monoisotopic (exact) mass is 253 g/mol. The summed E-state index contributed by atoms with van der Waals surface area (Å²) in [5.74, 6) is 1.71. The van der Waals surface area contributed by atoms with Crippen molar-refractivity contribution in [3.8, 4) is 5.88 Å². The van der Waals surface area contributed by atoms with Gasteiger partial charge in [-0.2, -0.15) is 4.98 Å². The fraction of sp³-hybridized carbons (Fsp3) is 0.200. The van der Waals surface area contributed by atoms with E-state index in [1.807, 2.05) is 30.3 Å². The Kier molecular flexibility index (Phi) is 2.91. The van der Waals surface area contributed by atoms with Crippen LogP contribution in [0.5, 0.6) is 5.88 Å². The van der Waals surface area contributed by atoms with Crippen LogP contribution >= 0.6 is 0 Å². The highest BCUT2D eigenvalue weighted by Gasteiger charge is 2.13. The first kappa shape index (κ1) is 11.7. The van der Waals surface area contributed by atoms with Gasteiger partial charge in [0.05, 0.1) is 12.6 Å². The Labute approximate surface area is 111 Å². The Morgan fingerprint density at radius 2 is 1.84 bits per heavy atom. The first-order chi connectivity index (χ1) is 9.28. The van der Waals surface area contributed by atoms with Gasteiger partial charge in [0, 0.05) is 12.0 Å². The molecule has 4 heteroatoms. The number of nitrogens with zero attached hydrogens (tertiary/aromatic N) is 2. The van der Waals surface area contributed by atoms with Crippen LogP contribution < -0.4 is 4.74 Å². The van der Waals surface area contributed by atoms with Crippen molar-refractivity contribution in [1.29, 1.82) is 0 Å². The average molecular weight is 253 g/mol. The summed E-state index contributed by atoms with van der Waals surface area (Å²) in [7, 11) is 1.61. The number of benzene rings is 1. The van der Waals surface area contributed by atoms with Gasteiger partial charge in [0.15, 0.2) is 5.65 Å². The first-order valence-corrected chi connectivity index (χ1v) is 6.23. The van der Waals surface area contributed by atoms with Crippen molar-refractivity contribution in [3.63, 3.8) is 0 Å². The van der Waals surface area contributed by atoms with Crippen LogP contribution in [-0.4, -0.2) is 22.1 Å². The third kappa shape index (κ3) is 2.17. The van der Waals surface area contributed by atoms with Crippen LogP contribution in [0, 0.1) is 0 Å². The molecule has 3 rings (SSSR count). The molecule has 0 amide bonds. The Bertz CT molecular complexity index is 691. The highest BCUT2D eigenvalue weighted by Crippen LogP contribution is 2.24. The van der Waals surface area contributed by atoms with E-state index in [2.05, 4.69) is 34.0 Å². The number of pyridine rings is 1. The number of imidazole rings is 1. The summed E-state index contributed by atoms with van der Waals surface area (Å²) >= 11 is 0. The molecule has 4 nitrogen and oxygen atoms in total. The molecule has 1 aromatic carbocycles. The molecule has 0 spiro atoms. The average Bonchev–Trinajstić information content (AvgIpc) is 2.90. The van der Waals surface area contributed by atoms with Gasteiger partial charge >= 0.3 is 0 Å². The zero-order chi connectivity index (χ0) is 13.2. The van der Waals surface area contributed by atoms with Crippen molar-refractivity contribution in [2.24, 2.45) is 0 Å². The van der Waals surface area contributed by atoms with Crippen LogP contribution in [0.1, 0.15) is 24.2 Å². The number of rotatable bonds is 3. The Hall–Kier alpha value is -2.36. The third-order valence-corrected chi connectivity index (χ3v) is 3.26. The van der Waals surface area contributed by atoms with Gasteiger partial charge in [0.25, 0.3) is 0 Å². The number of hydrogen-bond donors (Lipinski definition) is 1. The number of hydrogen-bond acceptors (Lipinski definition) is 3. The van der Waals surface area contributed by atoms with Crippen LogP contribution in [0.25, 0.3) is 11.2 Å². The second-order valence-electron chi connectivity index (χ2n) is 4.48. The van der Waals surface area contributed by atoms with Crippen LogP contribution in [0.4, 0.5) is 0 Å². The molecule has 3 aromatic rings. The molecule has 1 unspecified atom stereocenters. The maximum absolute atomic E-state index is 5.11. The van der Waals surface area contributed by atoms with E-state index in [4.69, 9.17) is 4.74 Å². The van der Waals surface area contributed by atoms with Crippen LogP contribution in [0.3, 0.4) is 0 Å². The standard InChI is InChI=1S/C15H15N3O/c1-10(11-6-4-3-5-7-11)14-16-12-8-9-13(19-2)17-15(12)18-14/h3-10H,1-2H3,(H,16,17,18). The summed E-state index contributed by atoms with van der Waals surface area (Å²) in [6, 6.07) is 14.1. The zero-order valence-electron chi connectivity index (χ0n) is 10.9. The zero-order valence-corrected chi connectivity index (χ0v) is 10.9. The maximum atomic E-state index is 5.11. The number of methoxy groups -OCH3 is 1. The van der Waals surface area contributed by atoms with Gasteiger partial charge in [0.1, 0.15) is 5.82 Å². The lowest BCUT2D eigenvalue weighted by Gasteiger charge is -2.07. The lowest BCUT2D eigenvalue weighted by molar-refractivity contribution is 0.399. The summed E-state index contributed by atoms with van der Waals surface area (Å²) < 4.78 is 5.11. The SMILES string of the molecule is COc1ccc2[nH]c(C(C)c3ccccc3)nc2n1. The van der Waals surface area contributed by atoms with E-state index >= 15 is 0 Å². The minimum absolute atomic E-state index is 0.210. The lowest BCUT2D eigenvalue weighted by Crippen LogP contribution is -1.97. The van der Waals surface area contributed by atoms with Gasteiger partial charge < -0.3 is 9.72 Å². The molecular formula is C15H15N3O. The number of ether oxygens (including phenoxy) is 1. The second-order valence-corrected chi connectivity index (χ2v) is 4.48. The maximum Gasteiger partial charge on any atom is 0.215 e. The fourth-order valence-electron chi connectivity index (χ4n) is 2.11. The minimum Gasteiger partial charge on any atom is -0.481 e. The molecule has 19 heavy (non-hydrogen) atoms. The fourth-order valence-corrected chi connectivity index (χ4v) is 2.11. The van der Waals surface area contributed by atoms with Gasteiger partial charge in [-0.15, -0.1) is 0 Å². The number of aromatic nitrogens is 3. The topological polar surface area (TPSA) is 50.8 Å². The predicted molar refractivity (Wildman–Crippen MR) is 74.4 cm³/mol. The highest BCUT2D eigenvalue weighted by molar-refractivity contribution is 5.71. The molecule has 0 radical (unpaired) electrons. The van der Waals surface area contributed by atoms with Gasteiger partial charge in [-0.25, -0.2) is 4.98 Å². The normalized spacial score (nSPS) is 12.5. The summed E-state index contributed by atoms with van der Waals surface area (Å²) in [4.78, 5) is 12.2. The second kappa shape index (κ2) is 4.72. The van der Waals surface area contributed by atoms with E-state index in [-0.39, 0.29) is 5.92 Å². The predicted octanol–water partition coefficient (Wildman–Crippen LogP) is 3.12. The quantitative estimate of drug-likeness (QED) is 0.780. The van der Waals surface area contributed by atoms with Crippen LogP contribution in [-0.2, 0) is 0 Å². The van der Waals surface area contributed by atoms with E-state index in [0.717, 1.165) is 11.3 Å². The number of aromatic amines is 1. The molecule has 1 N–H and O–H groups in total. The lowest BCUT2D eigenvalue weighted by atomic mass is 10.0. The van der Waals surface area contributed by atoms with E-state index in [0.29, 0.717) is 11.5 Å². The molecule has 96 valence electrons. The van der Waals surface area contributed by atoms with Crippen molar-refractivity contribution in [2.45, 2.75) is 12.8 Å². The first-order valence-electron chi connectivity index (χ1n) is 6.23. The molecule has 0 bridgehead atoms. The number of nitrogens with one attached hydrogen (secondary N) is 1. The Morgan fingerprint density at radius 1 is 1.05 bits per heavy atom. The highest BCUT2D eigenvalue weighted by atomic mass is 16.5. The van der Waals surface area contributed by atoms with E-state index in [1.54, 1.807) is 7.11 Å². The summed E-state index contributed by atoms with van der Waals surface area (Å²) in [6.07, 6.45) is 0. The van der Waals surface area contributed by atoms with Crippen LogP contribution in [0.15, 0.2) is 42.5 Å². The van der Waals surface area contributed by atoms with Crippen molar-refractivity contribution < 1.29 is 4.74 Å². The minimum atomic E-state index is 0.210. The third-order valence-electron chi connectivity index (χ3n) is 3.26. The molecule has 0 aliphatic carbocycles. The number of fused-ring (bicyclic) bond motifs is 1. The number of H-pyrrole nitrogens is 1. The molecule has 0 aliphatic heterocycles. The molecule has 1 atom stereocenters. The largest absolute Gasteiger partial charge is 0.481 e. The Balaban J connectivity index is 2.01. The van der Waals surface area contributed by atoms with Crippen LogP contribution in [0.2, 0.25) is 0 Å². The molecule has 0 fully saturated rings. The van der Waals surface area contributed by atoms with Gasteiger partial charge in [-0.3, -0.25) is 0 Å². The van der Waals surface area contributed by atoms with E-state index in [9.17, 15) is 0 Å². The van der Waals surface area contributed by atoms with Gasteiger partial charge in [0.2, 0.25) is 5.88 Å². The van der Waals surface area contributed by atoms with Crippen molar-refractivity contribution in [2.75, 3.05) is 7.11 Å². The van der Waals surface area contributed by atoms with Crippen molar-refractivity contribution in [1.82, 2.24) is 15.0 Å². The molecule has 0 aliphatic rings.